The Bertz CT molecular complexity index is 501. The summed E-state index contributed by atoms with van der Waals surface area (Å²) in [5, 5.41) is 9.04. The van der Waals surface area contributed by atoms with Crippen molar-refractivity contribution in [2.24, 2.45) is 0 Å². The molecule has 2 aromatic rings. The normalized spacial score (nSPS) is 10.6. The van der Waals surface area contributed by atoms with Crippen LogP contribution in [0.15, 0.2) is 36.4 Å². The molecule has 0 bridgehead atoms. The van der Waals surface area contributed by atoms with E-state index in [1.807, 2.05) is 12.1 Å². The predicted octanol–water partition coefficient (Wildman–Crippen LogP) is 3.77. The maximum absolute atomic E-state index is 9.04. The summed E-state index contributed by atoms with van der Waals surface area (Å²) in [6.45, 7) is 6.52. The second-order valence-electron chi connectivity index (χ2n) is 4.63. The molecule has 0 unspecified atom stereocenters. The predicted molar refractivity (Wildman–Crippen MR) is 72.0 cm³/mol. The van der Waals surface area contributed by atoms with E-state index in [0.717, 1.165) is 5.56 Å². The van der Waals surface area contributed by atoms with E-state index >= 15 is 0 Å². The standard InChI is InChI=1S/C16H18O/c1-11-8-12(2)16(13(3)9-11)15-6-4-14(10-17)5-7-15/h4-9,17H,10H2,1-3H3. The molecule has 1 N–H and O–H groups in total. The minimum atomic E-state index is 0.103. The van der Waals surface area contributed by atoms with Crippen LogP contribution >= 0.6 is 0 Å². The maximum Gasteiger partial charge on any atom is 0.0681 e. The molecule has 2 rings (SSSR count). The first-order valence-electron chi connectivity index (χ1n) is 5.90. The summed E-state index contributed by atoms with van der Waals surface area (Å²) in [5.74, 6) is 0. The molecule has 0 saturated heterocycles. The van der Waals surface area contributed by atoms with Crippen molar-refractivity contribution in [1.29, 1.82) is 0 Å². The number of benzene rings is 2. The molecule has 88 valence electrons. The third kappa shape index (κ3) is 2.40. The molecule has 0 radical (unpaired) electrons. The van der Waals surface area contributed by atoms with Crippen LogP contribution in [0.2, 0.25) is 0 Å². The Labute approximate surface area is 103 Å². The van der Waals surface area contributed by atoms with E-state index in [9.17, 15) is 0 Å². The Kier molecular flexibility index (Phi) is 3.30. The van der Waals surface area contributed by atoms with Gasteiger partial charge in [0.05, 0.1) is 6.61 Å². The molecule has 0 saturated carbocycles. The Morgan fingerprint density at radius 3 is 1.88 bits per heavy atom. The Morgan fingerprint density at radius 1 is 0.882 bits per heavy atom. The second kappa shape index (κ2) is 4.72. The number of aliphatic hydroxyl groups is 1. The number of rotatable bonds is 2. The van der Waals surface area contributed by atoms with Gasteiger partial charge in [-0.25, -0.2) is 0 Å². The van der Waals surface area contributed by atoms with Crippen molar-refractivity contribution >= 4 is 0 Å². The molecule has 0 aliphatic carbocycles. The molecule has 0 atom stereocenters. The molecular weight excluding hydrogens is 208 g/mol. The Balaban J connectivity index is 2.52. The van der Waals surface area contributed by atoms with Gasteiger partial charge in [0.25, 0.3) is 0 Å². The van der Waals surface area contributed by atoms with Gasteiger partial charge in [-0.15, -0.1) is 0 Å². The van der Waals surface area contributed by atoms with Gasteiger partial charge in [-0.2, -0.15) is 0 Å². The van der Waals surface area contributed by atoms with Crippen LogP contribution in [0.5, 0.6) is 0 Å². The molecule has 0 aliphatic heterocycles. The van der Waals surface area contributed by atoms with Crippen molar-refractivity contribution in [3.63, 3.8) is 0 Å². The molecular formula is C16H18O. The third-order valence-electron chi connectivity index (χ3n) is 3.10. The van der Waals surface area contributed by atoms with Crippen LogP contribution in [-0.4, -0.2) is 5.11 Å². The van der Waals surface area contributed by atoms with E-state index in [4.69, 9.17) is 5.11 Å². The summed E-state index contributed by atoms with van der Waals surface area (Å²) in [7, 11) is 0. The van der Waals surface area contributed by atoms with Crippen LogP contribution in [0, 0.1) is 20.8 Å². The van der Waals surface area contributed by atoms with E-state index in [2.05, 4.69) is 45.0 Å². The fourth-order valence-electron chi connectivity index (χ4n) is 2.41. The van der Waals surface area contributed by atoms with Crippen molar-refractivity contribution in [1.82, 2.24) is 0 Å². The lowest BCUT2D eigenvalue weighted by Crippen LogP contribution is -1.90. The zero-order chi connectivity index (χ0) is 12.4. The molecule has 0 aromatic heterocycles. The summed E-state index contributed by atoms with van der Waals surface area (Å²) >= 11 is 0. The van der Waals surface area contributed by atoms with Crippen molar-refractivity contribution in [3.05, 3.63) is 58.7 Å². The minimum Gasteiger partial charge on any atom is -0.392 e. The molecule has 17 heavy (non-hydrogen) atoms. The highest BCUT2D eigenvalue weighted by Crippen LogP contribution is 2.28. The van der Waals surface area contributed by atoms with Crippen molar-refractivity contribution < 1.29 is 5.11 Å². The van der Waals surface area contributed by atoms with Crippen LogP contribution in [0.4, 0.5) is 0 Å². The Hall–Kier alpha value is -1.60. The summed E-state index contributed by atoms with van der Waals surface area (Å²) in [5.41, 5.74) is 7.39. The van der Waals surface area contributed by atoms with Gasteiger partial charge in [0.2, 0.25) is 0 Å². The zero-order valence-corrected chi connectivity index (χ0v) is 10.6. The van der Waals surface area contributed by atoms with Crippen molar-refractivity contribution in [2.75, 3.05) is 0 Å². The topological polar surface area (TPSA) is 20.2 Å². The first kappa shape index (κ1) is 11.9. The van der Waals surface area contributed by atoms with E-state index in [1.165, 1.54) is 27.8 Å². The van der Waals surface area contributed by atoms with Gasteiger partial charge < -0.3 is 5.11 Å². The highest BCUT2D eigenvalue weighted by molar-refractivity contribution is 5.71. The summed E-state index contributed by atoms with van der Waals surface area (Å²) in [6.07, 6.45) is 0. The van der Waals surface area contributed by atoms with Gasteiger partial charge in [-0.3, -0.25) is 0 Å². The summed E-state index contributed by atoms with van der Waals surface area (Å²) < 4.78 is 0. The highest BCUT2D eigenvalue weighted by Gasteiger charge is 2.06. The third-order valence-corrected chi connectivity index (χ3v) is 3.10. The van der Waals surface area contributed by atoms with Crippen LogP contribution in [0.3, 0.4) is 0 Å². The molecule has 2 aromatic carbocycles. The van der Waals surface area contributed by atoms with Gasteiger partial charge in [-0.05, 0) is 48.6 Å². The number of hydrogen-bond acceptors (Lipinski definition) is 1. The molecule has 0 fully saturated rings. The van der Waals surface area contributed by atoms with Gasteiger partial charge in [0, 0.05) is 0 Å². The van der Waals surface area contributed by atoms with E-state index in [-0.39, 0.29) is 6.61 Å². The fraction of sp³-hybridized carbons (Fsp3) is 0.250. The highest BCUT2D eigenvalue weighted by atomic mass is 16.3. The first-order valence-corrected chi connectivity index (χ1v) is 5.90. The average molecular weight is 226 g/mol. The SMILES string of the molecule is Cc1cc(C)c(-c2ccc(CO)cc2)c(C)c1. The molecule has 1 nitrogen and oxygen atoms in total. The monoisotopic (exact) mass is 226 g/mol. The van der Waals surface area contributed by atoms with Crippen molar-refractivity contribution in [3.8, 4) is 11.1 Å². The van der Waals surface area contributed by atoms with Gasteiger partial charge in [0.1, 0.15) is 0 Å². The second-order valence-corrected chi connectivity index (χ2v) is 4.63. The van der Waals surface area contributed by atoms with E-state index in [0.29, 0.717) is 0 Å². The lowest BCUT2D eigenvalue weighted by molar-refractivity contribution is 0.282. The van der Waals surface area contributed by atoms with Crippen LogP contribution in [-0.2, 0) is 6.61 Å². The zero-order valence-electron chi connectivity index (χ0n) is 10.6. The van der Waals surface area contributed by atoms with Crippen LogP contribution < -0.4 is 0 Å². The van der Waals surface area contributed by atoms with Crippen molar-refractivity contribution in [2.45, 2.75) is 27.4 Å². The number of aryl methyl sites for hydroxylation is 3. The maximum atomic E-state index is 9.04. The average Bonchev–Trinajstić information content (AvgIpc) is 2.28. The van der Waals surface area contributed by atoms with Crippen LogP contribution in [0.25, 0.3) is 11.1 Å². The van der Waals surface area contributed by atoms with E-state index < -0.39 is 0 Å². The molecule has 0 aliphatic rings. The number of hydrogen-bond donors (Lipinski definition) is 1. The number of aliphatic hydroxyl groups excluding tert-OH is 1. The quantitative estimate of drug-likeness (QED) is 0.826. The Morgan fingerprint density at radius 2 is 1.41 bits per heavy atom. The lowest BCUT2D eigenvalue weighted by Gasteiger charge is -2.12. The fourth-order valence-corrected chi connectivity index (χ4v) is 2.41. The lowest BCUT2D eigenvalue weighted by atomic mass is 9.93. The van der Waals surface area contributed by atoms with Gasteiger partial charge >= 0.3 is 0 Å². The molecule has 1 heteroatoms. The first-order chi connectivity index (χ1) is 8.11. The van der Waals surface area contributed by atoms with Crippen LogP contribution in [0.1, 0.15) is 22.3 Å². The molecule has 0 heterocycles. The van der Waals surface area contributed by atoms with Gasteiger partial charge in [-0.1, -0.05) is 42.0 Å². The summed E-state index contributed by atoms with van der Waals surface area (Å²) in [4.78, 5) is 0. The summed E-state index contributed by atoms with van der Waals surface area (Å²) in [6, 6.07) is 12.5. The van der Waals surface area contributed by atoms with E-state index in [1.54, 1.807) is 0 Å². The minimum absolute atomic E-state index is 0.103. The van der Waals surface area contributed by atoms with Gasteiger partial charge in [0.15, 0.2) is 0 Å². The molecule has 0 spiro atoms. The molecule has 0 amide bonds. The smallest absolute Gasteiger partial charge is 0.0681 e. The largest absolute Gasteiger partial charge is 0.392 e.